The van der Waals surface area contributed by atoms with Crippen LogP contribution in [0.4, 0.5) is 4.39 Å². The number of carbonyl (C=O) groups is 1. The predicted octanol–water partition coefficient (Wildman–Crippen LogP) is 6.79. The van der Waals surface area contributed by atoms with Gasteiger partial charge in [0.15, 0.2) is 11.6 Å². The summed E-state index contributed by atoms with van der Waals surface area (Å²) in [5, 5.41) is 6.81. The van der Waals surface area contributed by atoms with Gasteiger partial charge in [-0.05, 0) is 54.5 Å². The molecule has 0 atom stereocenters. The Labute approximate surface area is 202 Å². The monoisotopic (exact) mass is 475 g/mol. The van der Waals surface area contributed by atoms with Crippen LogP contribution in [0.25, 0.3) is 5.69 Å². The molecule has 0 bridgehead atoms. The number of amides is 1. The van der Waals surface area contributed by atoms with E-state index < -0.39 is 5.82 Å². The summed E-state index contributed by atoms with van der Waals surface area (Å²) in [6.45, 7) is 4.48. The van der Waals surface area contributed by atoms with Crippen molar-refractivity contribution in [3.8, 4) is 17.3 Å². The van der Waals surface area contributed by atoms with Crippen molar-refractivity contribution < 1.29 is 13.9 Å². The highest BCUT2D eigenvalue weighted by Gasteiger charge is 2.36. The Hall–Kier alpha value is -3.45. The maximum absolute atomic E-state index is 14.6. The van der Waals surface area contributed by atoms with Crippen LogP contribution in [0, 0.1) is 5.82 Å². The first-order valence-corrected chi connectivity index (χ1v) is 12.3. The molecule has 1 aliphatic rings. The van der Waals surface area contributed by atoms with Gasteiger partial charge in [0.2, 0.25) is 5.88 Å². The third-order valence-electron chi connectivity index (χ3n) is 5.87. The van der Waals surface area contributed by atoms with Gasteiger partial charge in [0.25, 0.3) is 5.91 Å². The molecule has 1 amide bonds. The number of nitrogens with zero attached hydrogens (tertiary/aromatic N) is 3. The van der Waals surface area contributed by atoms with Gasteiger partial charge in [-0.15, -0.1) is 11.3 Å². The lowest BCUT2D eigenvalue weighted by molar-refractivity contribution is 0.0733. The van der Waals surface area contributed by atoms with Crippen molar-refractivity contribution in [3.63, 3.8) is 0 Å². The van der Waals surface area contributed by atoms with Crippen LogP contribution < -0.4 is 4.74 Å². The van der Waals surface area contributed by atoms with Crippen molar-refractivity contribution in [1.82, 2.24) is 14.7 Å². The standard InChI is InChI=1S/C27H26FN3O2S/c1-18(2)25-21(17-30(19-14-15-19)26(32)24-13-8-16-34-24)27(33-23-12-7-6-11-22(23)28)31(29-25)20-9-4-3-5-10-20/h3-13,16,18-19H,14-15,17H2,1-2H3. The topological polar surface area (TPSA) is 47.4 Å². The quantitative estimate of drug-likeness (QED) is 0.282. The molecule has 2 aromatic carbocycles. The van der Waals surface area contributed by atoms with Gasteiger partial charge >= 0.3 is 0 Å². The highest BCUT2D eigenvalue weighted by atomic mass is 32.1. The van der Waals surface area contributed by atoms with Crippen molar-refractivity contribution in [2.24, 2.45) is 0 Å². The zero-order valence-electron chi connectivity index (χ0n) is 19.1. The normalized spacial score (nSPS) is 13.3. The lowest BCUT2D eigenvalue weighted by Crippen LogP contribution is -2.32. The molecule has 0 saturated heterocycles. The zero-order valence-corrected chi connectivity index (χ0v) is 20.0. The third-order valence-corrected chi connectivity index (χ3v) is 6.73. The Morgan fingerprint density at radius 2 is 1.85 bits per heavy atom. The van der Waals surface area contributed by atoms with Crippen molar-refractivity contribution in [3.05, 3.63) is 94.1 Å². The second-order valence-corrected chi connectivity index (χ2v) is 9.69. The summed E-state index contributed by atoms with van der Waals surface area (Å²) in [7, 11) is 0. The minimum atomic E-state index is -0.450. The van der Waals surface area contributed by atoms with E-state index in [0.717, 1.165) is 29.8 Å². The largest absolute Gasteiger partial charge is 0.435 e. The molecule has 0 N–H and O–H groups in total. The number of ether oxygens (including phenoxy) is 1. The second kappa shape index (κ2) is 9.43. The molecule has 0 unspecified atom stereocenters. The van der Waals surface area contributed by atoms with E-state index in [0.29, 0.717) is 17.3 Å². The van der Waals surface area contributed by atoms with Crippen LogP contribution in [-0.4, -0.2) is 26.6 Å². The first kappa shape index (κ1) is 22.3. The molecule has 174 valence electrons. The molecule has 34 heavy (non-hydrogen) atoms. The first-order chi connectivity index (χ1) is 16.5. The van der Waals surface area contributed by atoms with Crippen LogP contribution in [0.5, 0.6) is 11.6 Å². The second-order valence-electron chi connectivity index (χ2n) is 8.75. The van der Waals surface area contributed by atoms with Crippen LogP contribution in [-0.2, 0) is 6.54 Å². The minimum Gasteiger partial charge on any atom is -0.435 e. The maximum atomic E-state index is 14.6. The Morgan fingerprint density at radius 3 is 2.50 bits per heavy atom. The summed E-state index contributed by atoms with van der Waals surface area (Å²) < 4.78 is 22.5. The van der Waals surface area contributed by atoms with Gasteiger partial charge in [0.1, 0.15) is 0 Å². The number of para-hydroxylation sites is 2. The van der Waals surface area contributed by atoms with Gasteiger partial charge in [0, 0.05) is 6.04 Å². The van der Waals surface area contributed by atoms with Crippen LogP contribution >= 0.6 is 11.3 Å². The number of carbonyl (C=O) groups excluding carboxylic acids is 1. The fourth-order valence-corrected chi connectivity index (χ4v) is 4.69. The number of hydrogen-bond donors (Lipinski definition) is 0. The average molecular weight is 476 g/mol. The highest BCUT2D eigenvalue weighted by molar-refractivity contribution is 7.12. The van der Waals surface area contributed by atoms with Crippen LogP contribution in [0.15, 0.2) is 72.1 Å². The number of aromatic nitrogens is 2. The summed E-state index contributed by atoms with van der Waals surface area (Å²) in [6, 6.07) is 19.9. The molecule has 2 aromatic heterocycles. The van der Waals surface area contributed by atoms with Gasteiger partial charge in [-0.2, -0.15) is 5.10 Å². The van der Waals surface area contributed by atoms with E-state index in [9.17, 15) is 9.18 Å². The third kappa shape index (κ3) is 4.48. The Bertz CT molecular complexity index is 1280. The SMILES string of the molecule is CC(C)c1nn(-c2ccccc2)c(Oc2ccccc2F)c1CN(C(=O)c1cccs1)C1CC1. The van der Waals surface area contributed by atoms with E-state index >= 15 is 0 Å². The van der Waals surface area contributed by atoms with E-state index in [1.165, 1.54) is 17.4 Å². The number of hydrogen-bond acceptors (Lipinski definition) is 4. The van der Waals surface area contributed by atoms with Gasteiger partial charge in [-0.25, -0.2) is 9.07 Å². The molecule has 1 fully saturated rings. The summed E-state index contributed by atoms with van der Waals surface area (Å²) in [5.74, 6) is 0.203. The van der Waals surface area contributed by atoms with Crippen LogP contribution in [0.3, 0.4) is 0 Å². The fourth-order valence-electron chi connectivity index (χ4n) is 4.01. The van der Waals surface area contributed by atoms with E-state index in [-0.39, 0.29) is 23.6 Å². The molecule has 0 aliphatic heterocycles. The molecular weight excluding hydrogens is 449 g/mol. The molecular formula is C27H26FN3O2S. The molecule has 2 heterocycles. The van der Waals surface area contributed by atoms with Gasteiger partial charge in [0.05, 0.1) is 28.4 Å². The lowest BCUT2D eigenvalue weighted by atomic mass is 10.1. The molecule has 1 aliphatic carbocycles. The zero-order chi connectivity index (χ0) is 23.7. The summed E-state index contributed by atoms with van der Waals surface area (Å²) in [5.41, 5.74) is 2.45. The van der Waals surface area contributed by atoms with Crippen molar-refractivity contribution >= 4 is 17.2 Å². The predicted molar refractivity (Wildman–Crippen MR) is 131 cm³/mol. The maximum Gasteiger partial charge on any atom is 0.264 e. The number of halogens is 1. The summed E-state index contributed by atoms with van der Waals surface area (Å²) in [6.07, 6.45) is 1.95. The average Bonchev–Trinajstić information content (AvgIpc) is 3.40. The first-order valence-electron chi connectivity index (χ1n) is 11.5. The van der Waals surface area contributed by atoms with Crippen LogP contribution in [0.1, 0.15) is 53.5 Å². The molecule has 0 radical (unpaired) electrons. The molecule has 7 heteroatoms. The minimum absolute atomic E-state index is 0.0107. The Morgan fingerprint density at radius 1 is 1.12 bits per heavy atom. The molecule has 5 nitrogen and oxygen atoms in total. The summed E-state index contributed by atoms with van der Waals surface area (Å²) >= 11 is 1.44. The van der Waals surface area contributed by atoms with Crippen molar-refractivity contribution in [2.75, 3.05) is 0 Å². The van der Waals surface area contributed by atoms with Gasteiger partial charge in [-0.3, -0.25) is 4.79 Å². The van der Waals surface area contributed by atoms with Crippen molar-refractivity contribution in [2.45, 2.75) is 45.2 Å². The van der Waals surface area contributed by atoms with E-state index in [4.69, 9.17) is 9.84 Å². The number of rotatable bonds is 8. The van der Waals surface area contributed by atoms with Gasteiger partial charge in [-0.1, -0.05) is 50.2 Å². The highest BCUT2D eigenvalue weighted by Crippen LogP contribution is 2.38. The Balaban J connectivity index is 1.63. The van der Waals surface area contributed by atoms with Gasteiger partial charge < -0.3 is 9.64 Å². The van der Waals surface area contributed by atoms with E-state index in [1.807, 2.05) is 52.7 Å². The lowest BCUT2D eigenvalue weighted by Gasteiger charge is -2.23. The van der Waals surface area contributed by atoms with Crippen molar-refractivity contribution in [1.29, 1.82) is 0 Å². The summed E-state index contributed by atoms with van der Waals surface area (Å²) in [4.78, 5) is 16.0. The van der Waals surface area contributed by atoms with Crippen LogP contribution in [0.2, 0.25) is 0 Å². The van der Waals surface area contributed by atoms with E-state index in [2.05, 4.69) is 13.8 Å². The number of thiophene rings is 1. The molecule has 5 rings (SSSR count). The van der Waals surface area contributed by atoms with E-state index in [1.54, 1.807) is 22.9 Å². The Kier molecular flexibility index (Phi) is 6.20. The fraction of sp³-hybridized carbons (Fsp3) is 0.259. The smallest absolute Gasteiger partial charge is 0.264 e. The molecule has 0 spiro atoms. The number of benzene rings is 2. The molecule has 1 saturated carbocycles. The molecule has 4 aromatic rings.